The molecule has 0 spiro atoms. The maximum Gasteiger partial charge on any atom is 0.223 e. The van der Waals surface area contributed by atoms with E-state index in [1.54, 1.807) is 30.1 Å². The molecule has 8 heteroatoms. The summed E-state index contributed by atoms with van der Waals surface area (Å²) in [6.45, 7) is 4.66. The van der Waals surface area contributed by atoms with Crippen LogP contribution in [-0.2, 0) is 6.54 Å². The van der Waals surface area contributed by atoms with Crippen molar-refractivity contribution in [3.63, 3.8) is 0 Å². The minimum absolute atomic E-state index is 0.283. The molecule has 0 radical (unpaired) electrons. The third-order valence-corrected chi connectivity index (χ3v) is 6.68. The Kier molecular flexibility index (Phi) is 5.64. The van der Waals surface area contributed by atoms with Crippen molar-refractivity contribution in [2.45, 2.75) is 37.2 Å². The topological polar surface area (TPSA) is 75.9 Å². The van der Waals surface area contributed by atoms with Crippen LogP contribution in [0.25, 0.3) is 22.6 Å². The Balaban J connectivity index is 1.51. The number of hydrogen-bond acceptors (Lipinski definition) is 6. The predicted molar refractivity (Wildman–Crippen MR) is 128 cm³/mol. The van der Waals surface area contributed by atoms with Crippen LogP contribution in [-0.4, -0.2) is 35.9 Å². The van der Waals surface area contributed by atoms with E-state index in [4.69, 9.17) is 9.97 Å². The van der Waals surface area contributed by atoms with Crippen molar-refractivity contribution in [2.24, 2.45) is 0 Å². The van der Waals surface area contributed by atoms with E-state index in [1.165, 1.54) is 12.1 Å². The van der Waals surface area contributed by atoms with Crippen LogP contribution in [0, 0.1) is 5.82 Å². The van der Waals surface area contributed by atoms with Gasteiger partial charge in [0.1, 0.15) is 11.9 Å². The molecule has 0 saturated carbocycles. The molecule has 2 N–H and O–H groups in total. The molecule has 0 aliphatic carbocycles. The Labute approximate surface area is 195 Å². The minimum atomic E-state index is -0.753. The van der Waals surface area contributed by atoms with Gasteiger partial charge < -0.3 is 15.0 Å². The molecule has 2 aromatic carbocycles. The first-order valence-corrected chi connectivity index (χ1v) is 11.7. The number of halogens is 1. The van der Waals surface area contributed by atoms with Gasteiger partial charge in [-0.25, -0.2) is 19.3 Å². The van der Waals surface area contributed by atoms with Crippen LogP contribution in [0.4, 0.5) is 10.3 Å². The summed E-state index contributed by atoms with van der Waals surface area (Å²) in [5, 5.41) is 15.2. The SMILES string of the molecule is CC(C)(Nc1nccc(-c2c(-c3ccc(F)cc3)nc3n2CCS3)n1)C(O)c1ccccc1. The Bertz CT molecular complexity index is 1270. The van der Waals surface area contributed by atoms with Gasteiger partial charge in [-0.2, -0.15) is 0 Å². The van der Waals surface area contributed by atoms with Gasteiger partial charge in [-0.1, -0.05) is 42.1 Å². The summed E-state index contributed by atoms with van der Waals surface area (Å²) in [5.41, 5.74) is 3.31. The van der Waals surface area contributed by atoms with Crippen LogP contribution < -0.4 is 5.32 Å². The summed E-state index contributed by atoms with van der Waals surface area (Å²) < 4.78 is 15.7. The van der Waals surface area contributed by atoms with Gasteiger partial charge in [-0.05, 0) is 49.7 Å². The van der Waals surface area contributed by atoms with E-state index in [1.807, 2.05) is 50.2 Å². The summed E-state index contributed by atoms with van der Waals surface area (Å²) in [7, 11) is 0. The molecule has 0 amide bonds. The Hall–Kier alpha value is -3.23. The van der Waals surface area contributed by atoms with Gasteiger partial charge in [0.2, 0.25) is 5.95 Å². The number of thioether (sulfide) groups is 1. The van der Waals surface area contributed by atoms with Crippen molar-refractivity contribution in [3.05, 3.63) is 78.2 Å². The van der Waals surface area contributed by atoms with E-state index in [9.17, 15) is 9.50 Å². The highest BCUT2D eigenvalue weighted by atomic mass is 32.2. The van der Waals surface area contributed by atoms with E-state index in [0.29, 0.717) is 5.95 Å². The lowest BCUT2D eigenvalue weighted by Gasteiger charge is -2.32. The molecule has 1 aliphatic rings. The monoisotopic (exact) mass is 461 g/mol. The molecular formula is C25H24FN5OS. The first-order valence-electron chi connectivity index (χ1n) is 10.8. The third-order valence-electron chi connectivity index (χ3n) is 5.73. The Morgan fingerprint density at radius 2 is 1.82 bits per heavy atom. The van der Waals surface area contributed by atoms with Gasteiger partial charge in [0.05, 0.1) is 22.6 Å². The largest absolute Gasteiger partial charge is 0.386 e. The molecule has 168 valence electrons. The maximum atomic E-state index is 13.5. The fourth-order valence-corrected chi connectivity index (χ4v) is 4.96. The van der Waals surface area contributed by atoms with Crippen LogP contribution in [0.2, 0.25) is 0 Å². The molecule has 5 rings (SSSR count). The van der Waals surface area contributed by atoms with E-state index in [2.05, 4.69) is 14.9 Å². The zero-order valence-corrected chi connectivity index (χ0v) is 19.2. The van der Waals surface area contributed by atoms with Gasteiger partial charge in [-0.15, -0.1) is 0 Å². The number of nitrogens with zero attached hydrogens (tertiary/aromatic N) is 4. The van der Waals surface area contributed by atoms with Crippen molar-refractivity contribution in [1.82, 2.24) is 19.5 Å². The van der Waals surface area contributed by atoms with Gasteiger partial charge in [0.15, 0.2) is 5.16 Å². The predicted octanol–water partition coefficient (Wildman–Crippen LogP) is 5.18. The maximum absolute atomic E-state index is 13.5. The Morgan fingerprint density at radius 3 is 2.58 bits per heavy atom. The van der Waals surface area contributed by atoms with Gasteiger partial charge in [0, 0.05) is 24.1 Å². The number of aromatic nitrogens is 4. The molecule has 1 unspecified atom stereocenters. The number of anilines is 1. The number of hydrogen-bond donors (Lipinski definition) is 2. The van der Waals surface area contributed by atoms with Crippen LogP contribution in [0.3, 0.4) is 0 Å². The smallest absolute Gasteiger partial charge is 0.223 e. The number of benzene rings is 2. The minimum Gasteiger partial charge on any atom is -0.386 e. The summed E-state index contributed by atoms with van der Waals surface area (Å²) in [5.74, 6) is 1.08. The first kappa shape index (κ1) is 21.6. The van der Waals surface area contributed by atoms with Crippen LogP contribution in [0.1, 0.15) is 25.5 Å². The number of rotatable bonds is 6. The second-order valence-electron chi connectivity index (χ2n) is 8.52. The summed E-state index contributed by atoms with van der Waals surface area (Å²) in [4.78, 5) is 14.0. The zero-order chi connectivity index (χ0) is 23.0. The van der Waals surface area contributed by atoms with Crippen molar-refractivity contribution in [2.75, 3.05) is 11.1 Å². The number of imidazole rings is 1. The lowest BCUT2D eigenvalue weighted by molar-refractivity contribution is 0.115. The molecule has 1 aliphatic heterocycles. The normalized spacial score (nSPS) is 14.2. The van der Waals surface area contributed by atoms with Crippen molar-refractivity contribution in [1.29, 1.82) is 0 Å². The summed E-state index contributed by atoms with van der Waals surface area (Å²) >= 11 is 1.70. The highest BCUT2D eigenvalue weighted by Crippen LogP contribution is 2.38. The molecule has 4 aromatic rings. The second kappa shape index (κ2) is 8.61. The average molecular weight is 462 g/mol. The van der Waals surface area contributed by atoms with E-state index in [-0.39, 0.29) is 5.82 Å². The molecule has 1 atom stereocenters. The van der Waals surface area contributed by atoms with E-state index in [0.717, 1.165) is 45.7 Å². The molecule has 33 heavy (non-hydrogen) atoms. The van der Waals surface area contributed by atoms with E-state index < -0.39 is 11.6 Å². The van der Waals surface area contributed by atoms with Crippen molar-refractivity contribution >= 4 is 17.7 Å². The highest BCUT2D eigenvalue weighted by Gasteiger charge is 2.30. The first-order chi connectivity index (χ1) is 15.9. The molecule has 0 fully saturated rings. The van der Waals surface area contributed by atoms with Crippen molar-refractivity contribution < 1.29 is 9.50 Å². The van der Waals surface area contributed by atoms with E-state index >= 15 is 0 Å². The van der Waals surface area contributed by atoms with Crippen molar-refractivity contribution in [3.8, 4) is 22.6 Å². The fraction of sp³-hybridized carbons (Fsp3) is 0.240. The molecule has 6 nitrogen and oxygen atoms in total. The van der Waals surface area contributed by atoms with Crippen LogP contribution >= 0.6 is 11.8 Å². The molecule has 0 bridgehead atoms. The van der Waals surface area contributed by atoms with Gasteiger partial charge in [-0.3, -0.25) is 0 Å². The van der Waals surface area contributed by atoms with Gasteiger partial charge >= 0.3 is 0 Å². The van der Waals surface area contributed by atoms with Gasteiger partial charge in [0.25, 0.3) is 0 Å². The lowest BCUT2D eigenvalue weighted by Crippen LogP contribution is -2.38. The average Bonchev–Trinajstić information content (AvgIpc) is 3.41. The molecule has 2 aromatic heterocycles. The summed E-state index contributed by atoms with van der Waals surface area (Å²) in [6.07, 6.45) is 0.947. The Morgan fingerprint density at radius 1 is 1.06 bits per heavy atom. The molecule has 0 saturated heterocycles. The fourth-order valence-electron chi connectivity index (χ4n) is 4.01. The zero-order valence-electron chi connectivity index (χ0n) is 18.4. The number of nitrogens with one attached hydrogen (secondary N) is 1. The quantitative estimate of drug-likeness (QED) is 0.412. The molecular weight excluding hydrogens is 437 g/mol. The number of fused-ring (bicyclic) bond motifs is 1. The lowest BCUT2D eigenvalue weighted by atomic mass is 9.91. The third kappa shape index (κ3) is 4.24. The number of aliphatic hydroxyl groups is 1. The number of aliphatic hydroxyl groups excluding tert-OH is 1. The summed E-state index contributed by atoms with van der Waals surface area (Å²) in [6, 6.07) is 17.7. The highest BCUT2D eigenvalue weighted by molar-refractivity contribution is 7.99. The van der Waals surface area contributed by atoms with Crippen LogP contribution in [0.5, 0.6) is 0 Å². The standard InChI is InChI=1S/C25H24FN5OS/c1-25(2,22(32)17-6-4-3-5-7-17)30-23-27-13-12-19(28-23)21-20(16-8-10-18(26)11-9-16)29-24-31(21)14-15-33-24/h3-13,22,32H,14-15H2,1-2H3,(H,27,28,30). The molecule has 3 heterocycles. The van der Waals surface area contributed by atoms with Crippen LogP contribution in [0.15, 0.2) is 72.0 Å². The second-order valence-corrected chi connectivity index (χ2v) is 9.59.